The van der Waals surface area contributed by atoms with Crippen molar-refractivity contribution in [1.29, 1.82) is 0 Å². The van der Waals surface area contributed by atoms with Crippen LogP contribution in [0.15, 0.2) is 9.98 Å². The molecule has 0 aromatic carbocycles. The fourth-order valence-corrected chi connectivity index (χ4v) is 1.38. The highest BCUT2D eigenvalue weighted by atomic mass is 16.1. The molecular formula is C10H14N2O2. The van der Waals surface area contributed by atoms with Gasteiger partial charge in [-0.05, 0) is 13.8 Å². The Labute approximate surface area is 83.1 Å². The van der Waals surface area contributed by atoms with Crippen LogP contribution in [-0.4, -0.2) is 36.1 Å². The van der Waals surface area contributed by atoms with Crippen molar-refractivity contribution in [2.24, 2.45) is 9.98 Å². The van der Waals surface area contributed by atoms with Gasteiger partial charge < -0.3 is 0 Å². The van der Waals surface area contributed by atoms with E-state index in [4.69, 9.17) is 0 Å². The minimum Gasteiger partial charge on any atom is -0.292 e. The maximum atomic E-state index is 11.5. The van der Waals surface area contributed by atoms with Gasteiger partial charge in [-0.25, -0.2) is 0 Å². The van der Waals surface area contributed by atoms with Crippen molar-refractivity contribution in [3.8, 4) is 0 Å². The third-order valence-electron chi connectivity index (χ3n) is 2.00. The molecule has 0 saturated heterocycles. The molecular weight excluding hydrogens is 180 g/mol. The van der Waals surface area contributed by atoms with Crippen LogP contribution in [0.4, 0.5) is 0 Å². The monoisotopic (exact) mass is 194 g/mol. The SMILES string of the molecule is CCN=C1CC(=O)C(=NCC)CC1=O. The average Bonchev–Trinajstić information content (AvgIpc) is 2.14. The van der Waals surface area contributed by atoms with E-state index in [0.29, 0.717) is 24.5 Å². The van der Waals surface area contributed by atoms with Gasteiger partial charge >= 0.3 is 0 Å². The third-order valence-corrected chi connectivity index (χ3v) is 2.00. The summed E-state index contributed by atoms with van der Waals surface area (Å²) in [6.07, 6.45) is 0.261. The zero-order chi connectivity index (χ0) is 10.6. The number of rotatable bonds is 2. The van der Waals surface area contributed by atoms with Gasteiger partial charge in [0.15, 0.2) is 11.6 Å². The van der Waals surface area contributed by atoms with Gasteiger partial charge in [0.25, 0.3) is 0 Å². The predicted octanol–water partition coefficient (Wildman–Crippen LogP) is 0.840. The molecule has 14 heavy (non-hydrogen) atoms. The first-order chi connectivity index (χ1) is 6.69. The summed E-state index contributed by atoms with van der Waals surface area (Å²) in [7, 11) is 0. The van der Waals surface area contributed by atoms with Gasteiger partial charge in [0.2, 0.25) is 0 Å². The quantitative estimate of drug-likeness (QED) is 0.654. The van der Waals surface area contributed by atoms with Gasteiger partial charge in [-0.1, -0.05) is 0 Å². The number of aliphatic imine (C=N–C) groups is 2. The third kappa shape index (κ3) is 2.34. The number of hydrogen-bond donors (Lipinski definition) is 0. The summed E-state index contributed by atoms with van der Waals surface area (Å²) in [6, 6.07) is 0. The molecule has 1 saturated carbocycles. The summed E-state index contributed by atoms with van der Waals surface area (Å²) >= 11 is 0. The topological polar surface area (TPSA) is 58.9 Å². The second-order valence-corrected chi connectivity index (χ2v) is 3.04. The molecule has 0 aromatic heterocycles. The number of nitrogens with zero attached hydrogens (tertiary/aromatic N) is 2. The summed E-state index contributed by atoms with van der Waals surface area (Å²) in [6.45, 7) is 4.80. The summed E-state index contributed by atoms with van der Waals surface area (Å²) in [5.74, 6) is -0.114. The molecule has 1 aliphatic carbocycles. The zero-order valence-corrected chi connectivity index (χ0v) is 8.54. The average molecular weight is 194 g/mol. The molecule has 4 heteroatoms. The molecule has 0 unspecified atom stereocenters. The fourth-order valence-electron chi connectivity index (χ4n) is 1.38. The van der Waals surface area contributed by atoms with E-state index < -0.39 is 0 Å². The number of carbonyl (C=O) groups is 2. The highest BCUT2D eigenvalue weighted by Gasteiger charge is 2.27. The highest BCUT2D eigenvalue weighted by molar-refractivity contribution is 6.60. The maximum absolute atomic E-state index is 11.5. The first-order valence-electron chi connectivity index (χ1n) is 4.82. The van der Waals surface area contributed by atoms with E-state index in [1.54, 1.807) is 0 Å². The first-order valence-corrected chi connectivity index (χ1v) is 4.82. The van der Waals surface area contributed by atoms with Gasteiger partial charge in [0, 0.05) is 13.1 Å². The van der Waals surface area contributed by atoms with Crippen molar-refractivity contribution in [3.63, 3.8) is 0 Å². The minimum absolute atomic E-state index is 0.0568. The van der Waals surface area contributed by atoms with Gasteiger partial charge in [0.05, 0.1) is 24.3 Å². The van der Waals surface area contributed by atoms with E-state index in [-0.39, 0.29) is 24.4 Å². The molecule has 4 nitrogen and oxygen atoms in total. The number of ketones is 2. The highest BCUT2D eigenvalue weighted by Crippen LogP contribution is 2.07. The molecule has 0 N–H and O–H groups in total. The lowest BCUT2D eigenvalue weighted by molar-refractivity contribution is -0.116. The molecule has 0 heterocycles. The molecule has 76 valence electrons. The van der Waals surface area contributed by atoms with Crippen LogP contribution < -0.4 is 0 Å². The van der Waals surface area contributed by atoms with Crippen molar-refractivity contribution in [3.05, 3.63) is 0 Å². The van der Waals surface area contributed by atoms with E-state index in [9.17, 15) is 9.59 Å². The summed E-state index contributed by atoms with van der Waals surface area (Å²) in [5, 5.41) is 0. The molecule has 0 spiro atoms. The largest absolute Gasteiger partial charge is 0.292 e. The predicted molar refractivity (Wildman–Crippen MR) is 55.2 cm³/mol. The molecule has 0 bridgehead atoms. The van der Waals surface area contributed by atoms with E-state index in [1.807, 2.05) is 13.8 Å². The van der Waals surface area contributed by atoms with Gasteiger partial charge in [0.1, 0.15) is 0 Å². The van der Waals surface area contributed by atoms with E-state index in [1.165, 1.54) is 0 Å². The lowest BCUT2D eigenvalue weighted by Gasteiger charge is -2.12. The Kier molecular flexibility index (Phi) is 3.68. The standard InChI is InChI=1S/C10H14N2O2/c1-3-11-7-5-10(14)8(12-4-2)6-9(7)13/h3-6H2,1-2H3. The first kappa shape index (κ1) is 10.8. The van der Waals surface area contributed by atoms with E-state index in [2.05, 4.69) is 9.98 Å². The molecule has 0 atom stereocenters. The number of carbonyl (C=O) groups excluding carboxylic acids is 2. The lowest BCUT2D eigenvalue weighted by atomic mass is 9.94. The van der Waals surface area contributed by atoms with Crippen molar-refractivity contribution < 1.29 is 9.59 Å². The van der Waals surface area contributed by atoms with Crippen LogP contribution in [0.1, 0.15) is 26.7 Å². The smallest absolute Gasteiger partial charge is 0.183 e. The Bertz CT molecular complexity index is 284. The van der Waals surface area contributed by atoms with Gasteiger partial charge in [-0.3, -0.25) is 19.6 Å². The van der Waals surface area contributed by atoms with Crippen LogP contribution >= 0.6 is 0 Å². The molecule has 0 aromatic rings. The van der Waals surface area contributed by atoms with Gasteiger partial charge in [-0.15, -0.1) is 0 Å². The summed E-state index contributed by atoms with van der Waals surface area (Å²) < 4.78 is 0. The normalized spacial score (nSPS) is 23.6. The molecule has 0 amide bonds. The lowest BCUT2D eigenvalue weighted by Crippen LogP contribution is -2.33. The maximum Gasteiger partial charge on any atom is 0.183 e. The summed E-state index contributed by atoms with van der Waals surface area (Å²) in [4.78, 5) is 30.9. The van der Waals surface area contributed by atoms with Crippen LogP contribution in [0, 0.1) is 0 Å². The Morgan fingerprint density at radius 2 is 1.29 bits per heavy atom. The molecule has 1 aliphatic rings. The zero-order valence-electron chi connectivity index (χ0n) is 8.54. The second-order valence-electron chi connectivity index (χ2n) is 3.04. The van der Waals surface area contributed by atoms with Crippen LogP contribution in [0.3, 0.4) is 0 Å². The van der Waals surface area contributed by atoms with Crippen molar-refractivity contribution >= 4 is 23.0 Å². The van der Waals surface area contributed by atoms with Crippen LogP contribution in [0.2, 0.25) is 0 Å². The fraction of sp³-hybridized carbons (Fsp3) is 0.600. The Hall–Kier alpha value is -1.32. The Morgan fingerprint density at radius 1 is 0.929 bits per heavy atom. The van der Waals surface area contributed by atoms with E-state index >= 15 is 0 Å². The van der Waals surface area contributed by atoms with Crippen LogP contribution in [-0.2, 0) is 9.59 Å². The van der Waals surface area contributed by atoms with E-state index in [0.717, 1.165) is 0 Å². The van der Waals surface area contributed by atoms with Crippen molar-refractivity contribution in [2.45, 2.75) is 26.7 Å². The molecule has 1 fully saturated rings. The Morgan fingerprint density at radius 3 is 1.57 bits per heavy atom. The second kappa shape index (κ2) is 4.79. The van der Waals surface area contributed by atoms with Crippen molar-refractivity contribution in [1.82, 2.24) is 0 Å². The molecule has 0 aliphatic heterocycles. The number of Topliss-reactive ketones (excluding diaryl/α,β-unsaturated/α-hetero) is 2. The number of hydrogen-bond acceptors (Lipinski definition) is 4. The molecule has 0 radical (unpaired) electrons. The molecule has 1 rings (SSSR count). The van der Waals surface area contributed by atoms with Crippen LogP contribution in [0.5, 0.6) is 0 Å². The van der Waals surface area contributed by atoms with Crippen LogP contribution in [0.25, 0.3) is 0 Å². The van der Waals surface area contributed by atoms with Gasteiger partial charge in [-0.2, -0.15) is 0 Å². The minimum atomic E-state index is -0.0568. The van der Waals surface area contributed by atoms with Crippen molar-refractivity contribution in [2.75, 3.05) is 13.1 Å². The summed E-state index contributed by atoms with van der Waals surface area (Å²) in [5.41, 5.74) is 0.820. The Balaban J connectivity index is 2.82.